The highest BCUT2D eigenvalue weighted by Gasteiger charge is 2.17. The molecule has 0 aliphatic heterocycles. The molecule has 1 unspecified atom stereocenters. The number of aromatic nitrogens is 1. The molecule has 22 heavy (non-hydrogen) atoms. The van der Waals surface area contributed by atoms with E-state index in [1.54, 1.807) is 12.3 Å². The number of benzene rings is 2. The van der Waals surface area contributed by atoms with Crippen molar-refractivity contribution < 1.29 is 4.39 Å². The molecule has 0 fully saturated rings. The van der Waals surface area contributed by atoms with Crippen molar-refractivity contribution in [3.8, 4) is 0 Å². The molecule has 0 aliphatic carbocycles. The Balaban J connectivity index is 2.06. The largest absolute Gasteiger partial charge is 0.399 e. The second kappa shape index (κ2) is 6.20. The molecule has 1 aromatic heterocycles. The van der Waals surface area contributed by atoms with Gasteiger partial charge in [0, 0.05) is 23.2 Å². The number of hydrogen-bond acceptors (Lipinski definition) is 2. The van der Waals surface area contributed by atoms with Crippen LogP contribution in [0.5, 0.6) is 0 Å². The highest BCUT2D eigenvalue weighted by Crippen LogP contribution is 2.32. The minimum absolute atomic E-state index is 0.116. The maximum Gasteiger partial charge on any atom is 0.147 e. The van der Waals surface area contributed by atoms with Crippen LogP contribution in [0.1, 0.15) is 23.5 Å². The zero-order chi connectivity index (χ0) is 15.5. The standard InChI is InChI=1S/C18H20FN3/c1-21-7-6-16(12-3-2-4-15(20)10-12)14-9-13-5-8-22-18(13)17(19)11-14/h2-5,8-11,16,21-22H,6-7,20H2,1H3. The molecule has 4 N–H and O–H groups in total. The third kappa shape index (κ3) is 2.83. The highest BCUT2D eigenvalue weighted by atomic mass is 19.1. The predicted molar refractivity (Wildman–Crippen MR) is 89.5 cm³/mol. The zero-order valence-electron chi connectivity index (χ0n) is 12.6. The van der Waals surface area contributed by atoms with Crippen molar-refractivity contribution in [2.75, 3.05) is 19.3 Å². The monoisotopic (exact) mass is 297 g/mol. The summed E-state index contributed by atoms with van der Waals surface area (Å²) in [5.41, 5.74) is 9.30. The summed E-state index contributed by atoms with van der Waals surface area (Å²) in [6.45, 7) is 0.853. The zero-order valence-corrected chi connectivity index (χ0v) is 12.6. The molecule has 0 amide bonds. The van der Waals surface area contributed by atoms with Gasteiger partial charge in [-0.25, -0.2) is 4.39 Å². The van der Waals surface area contributed by atoms with Crippen LogP contribution in [0.2, 0.25) is 0 Å². The summed E-state index contributed by atoms with van der Waals surface area (Å²) >= 11 is 0. The Morgan fingerprint density at radius 3 is 2.82 bits per heavy atom. The molecular formula is C18H20FN3. The van der Waals surface area contributed by atoms with Crippen LogP contribution in [0.15, 0.2) is 48.7 Å². The van der Waals surface area contributed by atoms with Gasteiger partial charge in [0.1, 0.15) is 5.82 Å². The Hall–Kier alpha value is -2.33. The number of nitrogens with two attached hydrogens (primary N) is 1. The number of hydrogen-bond donors (Lipinski definition) is 3. The molecule has 3 nitrogen and oxygen atoms in total. The first-order valence-electron chi connectivity index (χ1n) is 7.45. The topological polar surface area (TPSA) is 53.8 Å². The third-order valence-corrected chi connectivity index (χ3v) is 4.03. The van der Waals surface area contributed by atoms with Gasteiger partial charge < -0.3 is 16.0 Å². The SMILES string of the molecule is CNCCC(c1cccc(N)c1)c1cc(F)c2[nH]ccc2c1. The van der Waals surface area contributed by atoms with Gasteiger partial charge in [-0.2, -0.15) is 0 Å². The van der Waals surface area contributed by atoms with Crippen molar-refractivity contribution in [1.29, 1.82) is 0 Å². The lowest BCUT2D eigenvalue weighted by Crippen LogP contribution is -2.13. The average Bonchev–Trinajstić information content (AvgIpc) is 2.97. The molecule has 3 aromatic rings. The average molecular weight is 297 g/mol. The number of aromatic amines is 1. The van der Waals surface area contributed by atoms with Crippen LogP contribution in [-0.2, 0) is 0 Å². The third-order valence-electron chi connectivity index (χ3n) is 4.03. The first kappa shape index (κ1) is 14.6. The van der Waals surface area contributed by atoms with E-state index in [1.165, 1.54) is 0 Å². The van der Waals surface area contributed by atoms with Gasteiger partial charge in [-0.1, -0.05) is 12.1 Å². The van der Waals surface area contributed by atoms with Crippen molar-refractivity contribution in [1.82, 2.24) is 10.3 Å². The number of fused-ring (bicyclic) bond motifs is 1. The van der Waals surface area contributed by atoms with Gasteiger partial charge in [0.15, 0.2) is 0 Å². The van der Waals surface area contributed by atoms with E-state index >= 15 is 0 Å². The van der Waals surface area contributed by atoms with E-state index in [4.69, 9.17) is 5.73 Å². The number of nitrogens with one attached hydrogen (secondary N) is 2. The summed E-state index contributed by atoms with van der Waals surface area (Å²) < 4.78 is 14.3. The molecule has 4 heteroatoms. The van der Waals surface area contributed by atoms with Gasteiger partial charge in [0.25, 0.3) is 0 Å². The quantitative estimate of drug-likeness (QED) is 0.630. The summed E-state index contributed by atoms with van der Waals surface area (Å²) in [4.78, 5) is 2.94. The predicted octanol–water partition coefficient (Wildman–Crippen LogP) is 3.63. The molecular weight excluding hydrogens is 277 g/mol. The normalized spacial score (nSPS) is 12.6. The number of rotatable bonds is 5. The first-order valence-corrected chi connectivity index (χ1v) is 7.45. The van der Waals surface area contributed by atoms with E-state index in [2.05, 4.69) is 22.4 Å². The van der Waals surface area contributed by atoms with E-state index in [0.29, 0.717) is 5.52 Å². The van der Waals surface area contributed by atoms with Crippen LogP contribution in [0.3, 0.4) is 0 Å². The molecule has 0 aliphatic rings. The summed E-state index contributed by atoms with van der Waals surface area (Å²) in [7, 11) is 1.92. The van der Waals surface area contributed by atoms with Crippen molar-refractivity contribution >= 4 is 16.6 Å². The lowest BCUT2D eigenvalue weighted by Gasteiger charge is -2.19. The Bertz CT molecular complexity index is 779. The minimum atomic E-state index is -0.212. The summed E-state index contributed by atoms with van der Waals surface area (Å²) in [5.74, 6) is -0.0967. The number of nitrogen functional groups attached to an aromatic ring is 1. The van der Waals surface area contributed by atoms with E-state index in [9.17, 15) is 4.39 Å². The van der Waals surface area contributed by atoms with E-state index in [1.807, 2.05) is 31.3 Å². The van der Waals surface area contributed by atoms with Crippen LogP contribution < -0.4 is 11.1 Å². The van der Waals surface area contributed by atoms with Crippen LogP contribution in [0, 0.1) is 5.82 Å². The fourth-order valence-electron chi connectivity index (χ4n) is 2.94. The number of H-pyrrole nitrogens is 1. The summed E-state index contributed by atoms with van der Waals surface area (Å²) in [6, 6.07) is 13.4. The molecule has 114 valence electrons. The maximum atomic E-state index is 14.3. The van der Waals surface area contributed by atoms with E-state index in [0.717, 1.165) is 35.2 Å². The molecule has 1 heterocycles. The lowest BCUT2D eigenvalue weighted by atomic mass is 9.87. The first-order chi connectivity index (χ1) is 10.7. The Morgan fingerprint density at radius 2 is 2.05 bits per heavy atom. The Kier molecular flexibility index (Phi) is 4.11. The van der Waals surface area contributed by atoms with Crippen LogP contribution in [-0.4, -0.2) is 18.6 Å². The molecule has 0 bridgehead atoms. The van der Waals surface area contributed by atoms with Gasteiger partial charge in [-0.05, 0) is 61.5 Å². The van der Waals surface area contributed by atoms with Gasteiger partial charge >= 0.3 is 0 Å². The Labute approximate surface area is 129 Å². The number of halogens is 1. The van der Waals surface area contributed by atoms with Gasteiger partial charge in [-0.3, -0.25) is 0 Å². The molecule has 0 radical (unpaired) electrons. The van der Waals surface area contributed by atoms with Gasteiger partial charge in [-0.15, -0.1) is 0 Å². The molecule has 1 atom stereocenters. The molecule has 3 rings (SSSR count). The van der Waals surface area contributed by atoms with Crippen LogP contribution >= 0.6 is 0 Å². The molecule has 0 spiro atoms. The summed E-state index contributed by atoms with van der Waals surface area (Å²) in [5, 5.41) is 4.06. The van der Waals surface area contributed by atoms with Crippen molar-refractivity contribution in [3.05, 3.63) is 65.6 Å². The fourth-order valence-corrected chi connectivity index (χ4v) is 2.94. The minimum Gasteiger partial charge on any atom is -0.399 e. The van der Waals surface area contributed by atoms with Gasteiger partial charge in [0.05, 0.1) is 5.52 Å². The second-order valence-corrected chi connectivity index (χ2v) is 5.56. The highest BCUT2D eigenvalue weighted by molar-refractivity contribution is 5.81. The van der Waals surface area contributed by atoms with E-state index in [-0.39, 0.29) is 11.7 Å². The van der Waals surface area contributed by atoms with E-state index < -0.39 is 0 Å². The van der Waals surface area contributed by atoms with Crippen LogP contribution in [0.25, 0.3) is 10.9 Å². The summed E-state index contributed by atoms with van der Waals surface area (Å²) in [6.07, 6.45) is 2.65. The Morgan fingerprint density at radius 1 is 1.18 bits per heavy atom. The molecule has 2 aromatic carbocycles. The fraction of sp³-hybridized carbons (Fsp3) is 0.222. The lowest BCUT2D eigenvalue weighted by molar-refractivity contribution is 0.624. The van der Waals surface area contributed by atoms with Crippen molar-refractivity contribution in [2.45, 2.75) is 12.3 Å². The molecule has 0 saturated carbocycles. The van der Waals surface area contributed by atoms with Crippen molar-refractivity contribution in [3.63, 3.8) is 0 Å². The van der Waals surface area contributed by atoms with Gasteiger partial charge in [0.2, 0.25) is 0 Å². The molecule has 0 saturated heterocycles. The second-order valence-electron chi connectivity index (χ2n) is 5.56. The van der Waals surface area contributed by atoms with Crippen LogP contribution in [0.4, 0.5) is 10.1 Å². The van der Waals surface area contributed by atoms with Crippen molar-refractivity contribution in [2.24, 2.45) is 0 Å². The number of anilines is 1. The smallest absolute Gasteiger partial charge is 0.147 e. The maximum absolute atomic E-state index is 14.3.